The van der Waals surface area contributed by atoms with Gasteiger partial charge in [0.15, 0.2) is 0 Å². The molecule has 0 saturated carbocycles. The van der Waals surface area contributed by atoms with Crippen LogP contribution in [0.1, 0.15) is 33.1 Å². The monoisotopic (exact) mass is 299 g/mol. The smallest absolute Gasteiger partial charge is 0.321 e. The third-order valence-electron chi connectivity index (χ3n) is 3.56. The zero-order valence-electron chi connectivity index (χ0n) is 12.7. The van der Waals surface area contributed by atoms with Crippen molar-refractivity contribution < 1.29 is 19.5 Å². The molecule has 0 aromatic rings. The van der Waals surface area contributed by atoms with Crippen molar-refractivity contribution in [3.63, 3.8) is 0 Å². The molecule has 3 amide bonds. The molecule has 0 bridgehead atoms. The average molecular weight is 299 g/mol. The number of carbonyl (C=O) groups is 3. The number of carboxylic acid groups (broad SMARTS) is 1. The van der Waals surface area contributed by atoms with E-state index in [0.29, 0.717) is 38.4 Å². The quantitative estimate of drug-likeness (QED) is 0.669. The van der Waals surface area contributed by atoms with Gasteiger partial charge in [0.05, 0.1) is 12.5 Å². The van der Waals surface area contributed by atoms with E-state index in [-0.39, 0.29) is 18.4 Å². The molecule has 3 N–H and O–H groups in total. The van der Waals surface area contributed by atoms with Crippen LogP contribution in [0.4, 0.5) is 4.79 Å². The molecule has 7 nitrogen and oxygen atoms in total. The normalized spacial score (nSPS) is 16.7. The van der Waals surface area contributed by atoms with Gasteiger partial charge in [-0.2, -0.15) is 0 Å². The van der Waals surface area contributed by atoms with Crippen LogP contribution in [-0.2, 0) is 9.59 Å². The predicted octanol–water partition coefficient (Wildman–Crippen LogP) is 0.655. The number of amides is 3. The van der Waals surface area contributed by atoms with Crippen molar-refractivity contribution in [1.82, 2.24) is 15.5 Å². The average Bonchev–Trinajstić information content (AvgIpc) is 2.38. The fourth-order valence-electron chi connectivity index (χ4n) is 2.23. The van der Waals surface area contributed by atoms with Crippen molar-refractivity contribution in [2.45, 2.75) is 33.1 Å². The molecule has 0 unspecified atom stereocenters. The Kier molecular flexibility index (Phi) is 7.14. The number of carbonyl (C=O) groups excluding carboxylic acids is 2. The van der Waals surface area contributed by atoms with E-state index in [1.807, 2.05) is 4.90 Å². The number of nitrogens with one attached hydrogen (secondary N) is 2. The lowest BCUT2D eigenvalue weighted by atomic mass is 9.97. The van der Waals surface area contributed by atoms with Gasteiger partial charge < -0.3 is 10.4 Å². The molecule has 0 aromatic carbocycles. The lowest BCUT2D eigenvalue weighted by Gasteiger charge is -2.29. The van der Waals surface area contributed by atoms with Gasteiger partial charge in [0.1, 0.15) is 0 Å². The van der Waals surface area contributed by atoms with Crippen molar-refractivity contribution in [2.24, 2.45) is 11.8 Å². The lowest BCUT2D eigenvalue weighted by Crippen LogP contribution is -2.47. The standard InChI is InChI=1S/C14H25N3O4/c1-10(2)3-6-15-14(21)16-12(18)9-17-7-4-11(5-8-17)13(19)20/h10-11H,3-9H2,1-2H3,(H,19,20)(H2,15,16,18,21). The summed E-state index contributed by atoms with van der Waals surface area (Å²) in [6.07, 6.45) is 1.96. The number of carboxylic acids is 1. The summed E-state index contributed by atoms with van der Waals surface area (Å²) >= 11 is 0. The second kappa shape index (κ2) is 8.61. The number of aliphatic carboxylic acids is 1. The number of rotatable bonds is 6. The number of imide groups is 1. The maximum atomic E-state index is 11.7. The number of likely N-dealkylation sites (tertiary alicyclic amines) is 1. The van der Waals surface area contributed by atoms with Crippen molar-refractivity contribution >= 4 is 17.9 Å². The van der Waals surface area contributed by atoms with E-state index >= 15 is 0 Å². The Labute approximate surface area is 125 Å². The van der Waals surface area contributed by atoms with Crippen LogP contribution in [0.3, 0.4) is 0 Å². The summed E-state index contributed by atoms with van der Waals surface area (Å²) in [6, 6.07) is -0.471. The molecule has 120 valence electrons. The Hall–Kier alpha value is -1.63. The molecule has 1 aliphatic rings. The number of hydrogen-bond donors (Lipinski definition) is 3. The van der Waals surface area contributed by atoms with E-state index in [1.54, 1.807) is 0 Å². The van der Waals surface area contributed by atoms with Crippen LogP contribution in [0.25, 0.3) is 0 Å². The molecule has 0 aliphatic carbocycles. The Morgan fingerprint density at radius 2 is 1.86 bits per heavy atom. The Bertz CT molecular complexity index is 376. The van der Waals surface area contributed by atoms with Gasteiger partial charge in [0.2, 0.25) is 5.91 Å². The van der Waals surface area contributed by atoms with E-state index in [4.69, 9.17) is 5.11 Å². The molecule has 7 heteroatoms. The minimum atomic E-state index is -0.774. The number of hydrogen-bond acceptors (Lipinski definition) is 4. The topological polar surface area (TPSA) is 98.7 Å². The molecule has 0 atom stereocenters. The van der Waals surface area contributed by atoms with Crippen LogP contribution < -0.4 is 10.6 Å². The molecule has 1 aliphatic heterocycles. The second-order valence-electron chi connectivity index (χ2n) is 5.88. The Morgan fingerprint density at radius 1 is 1.24 bits per heavy atom. The first-order valence-electron chi connectivity index (χ1n) is 7.41. The molecular weight excluding hydrogens is 274 g/mol. The first-order valence-corrected chi connectivity index (χ1v) is 7.41. The molecule has 21 heavy (non-hydrogen) atoms. The van der Waals surface area contributed by atoms with E-state index in [0.717, 1.165) is 6.42 Å². The molecule has 1 rings (SSSR count). The van der Waals surface area contributed by atoms with Gasteiger partial charge in [-0.25, -0.2) is 4.79 Å². The highest BCUT2D eigenvalue weighted by Gasteiger charge is 2.25. The third-order valence-corrected chi connectivity index (χ3v) is 3.56. The van der Waals surface area contributed by atoms with Crippen molar-refractivity contribution in [3.8, 4) is 0 Å². The van der Waals surface area contributed by atoms with Crippen LogP contribution in [-0.4, -0.2) is 54.1 Å². The summed E-state index contributed by atoms with van der Waals surface area (Å²) in [7, 11) is 0. The second-order valence-corrected chi connectivity index (χ2v) is 5.88. The maximum absolute atomic E-state index is 11.7. The van der Waals surface area contributed by atoms with Gasteiger partial charge in [0.25, 0.3) is 0 Å². The lowest BCUT2D eigenvalue weighted by molar-refractivity contribution is -0.143. The molecular formula is C14H25N3O4. The maximum Gasteiger partial charge on any atom is 0.321 e. The van der Waals surface area contributed by atoms with E-state index < -0.39 is 12.0 Å². The van der Waals surface area contributed by atoms with Crippen molar-refractivity contribution in [2.75, 3.05) is 26.2 Å². The van der Waals surface area contributed by atoms with Gasteiger partial charge in [0, 0.05) is 6.54 Å². The first-order chi connectivity index (χ1) is 9.88. The molecule has 1 saturated heterocycles. The van der Waals surface area contributed by atoms with Crippen molar-refractivity contribution in [3.05, 3.63) is 0 Å². The van der Waals surface area contributed by atoms with E-state index in [1.165, 1.54) is 0 Å². The predicted molar refractivity (Wildman–Crippen MR) is 77.8 cm³/mol. The highest BCUT2D eigenvalue weighted by molar-refractivity contribution is 5.95. The number of piperidine rings is 1. The fourth-order valence-corrected chi connectivity index (χ4v) is 2.23. The summed E-state index contributed by atoms with van der Waals surface area (Å²) < 4.78 is 0. The summed E-state index contributed by atoms with van der Waals surface area (Å²) in [6.45, 7) is 5.93. The third kappa shape index (κ3) is 7.08. The minimum absolute atomic E-state index is 0.129. The van der Waals surface area contributed by atoms with Gasteiger partial charge in [-0.3, -0.25) is 19.8 Å². The van der Waals surface area contributed by atoms with Gasteiger partial charge >= 0.3 is 12.0 Å². The summed E-state index contributed by atoms with van der Waals surface area (Å²) in [5.74, 6) is -0.949. The Balaban J connectivity index is 2.19. The van der Waals surface area contributed by atoms with Gasteiger partial charge in [-0.05, 0) is 38.3 Å². The zero-order valence-corrected chi connectivity index (χ0v) is 12.7. The highest BCUT2D eigenvalue weighted by atomic mass is 16.4. The zero-order chi connectivity index (χ0) is 15.8. The molecule has 0 radical (unpaired) electrons. The highest BCUT2D eigenvalue weighted by Crippen LogP contribution is 2.16. The summed E-state index contributed by atoms with van der Waals surface area (Å²) in [4.78, 5) is 35.9. The summed E-state index contributed by atoms with van der Waals surface area (Å²) in [5.41, 5.74) is 0. The molecule has 1 heterocycles. The number of urea groups is 1. The minimum Gasteiger partial charge on any atom is -0.481 e. The fraction of sp³-hybridized carbons (Fsp3) is 0.786. The first kappa shape index (κ1) is 17.4. The van der Waals surface area contributed by atoms with Crippen LogP contribution in [0.15, 0.2) is 0 Å². The van der Waals surface area contributed by atoms with Crippen LogP contribution in [0.2, 0.25) is 0 Å². The van der Waals surface area contributed by atoms with Crippen LogP contribution >= 0.6 is 0 Å². The largest absolute Gasteiger partial charge is 0.481 e. The summed E-state index contributed by atoms with van der Waals surface area (Å²) in [5, 5.41) is 13.8. The van der Waals surface area contributed by atoms with E-state index in [2.05, 4.69) is 24.5 Å². The number of nitrogens with zero attached hydrogens (tertiary/aromatic N) is 1. The Morgan fingerprint density at radius 3 is 2.38 bits per heavy atom. The molecule has 0 aromatic heterocycles. The van der Waals surface area contributed by atoms with Gasteiger partial charge in [-0.1, -0.05) is 13.8 Å². The SMILES string of the molecule is CC(C)CCNC(=O)NC(=O)CN1CCC(C(=O)O)CC1. The molecule has 0 spiro atoms. The van der Waals surface area contributed by atoms with Crippen molar-refractivity contribution in [1.29, 1.82) is 0 Å². The van der Waals surface area contributed by atoms with Crippen LogP contribution in [0.5, 0.6) is 0 Å². The van der Waals surface area contributed by atoms with Gasteiger partial charge in [-0.15, -0.1) is 0 Å². The van der Waals surface area contributed by atoms with Crippen LogP contribution in [0, 0.1) is 11.8 Å². The molecule has 1 fully saturated rings. The van der Waals surface area contributed by atoms with E-state index in [9.17, 15) is 14.4 Å².